The van der Waals surface area contributed by atoms with Gasteiger partial charge in [0.05, 0.1) is 43.0 Å². The van der Waals surface area contributed by atoms with E-state index in [1.54, 1.807) is 0 Å². The maximum absolute atomic E-state index is 13.8. The Bertz CT molecular complexity index is 1500. The minimum absolute atomic E-state index is 0.0224. The van der Waals surface area contributed by atoms with Gasteiger partial charge in [-0.1, -0.05) is 39.3 Å². The minimum Gasteiger partial charge on any atom is -0.457 e. The fourth-order valence-corrected chi connectivity index (χ4v) is 13.3. The molecule has 58 heavy (non-hydrogen) atoms. The average molecular weight is 827 g/mol. The summed E-state index contributed by atoms with van der Waals surface area (Å²) in [5, 5.41) is 87.5. The number of aliphatic hydroxyl groups is 8. The van der Waals surface area contributed by atoms with Crippen molar-refractivity contribution < 1.29 is 74.1 Å². The van der Waals surface area contributed by atoms with Crippen LogP contribution in [-0.2, 0) is 33.3 Å². The Morgan fingerprint density at radius 3 is 2.22 bits per heavy atom. The number of hydrogen-bond acceptors (Lipinski definition) is 15. The Morgan fingerprint density at radius 2 is 1.59 bits per heavy atom. The van der Waals surface area contributed by atoms with E-state index in [2.05, 4.69) is 27.7 Å². The average Bonchev–Trinajstić information content (AvgIpc) is 3.53. The maximum atomic E-state index is 13.8. The molecule has 19 atom stereocenters. The number of ether oxygens (including phenoxy) is 5. The van der Waals surface area contributed by atoms with Crippen LogP contribution in [0.3, 0.4) is 0 Å². The molecule has 0 aromatic carbocycles. The summed E-state index contributed by atoms with van der Waals surface area (Å²) in [7, 11) is 0. The van der Waals surface area contributed by atoms with E-state index in [1.165, 1.54) is 0 Å². The molecule has 0 aromatic heterocycles. The predicted octanol–water partition coefficient (Wildman–Crippen LogP) is 1.51. The molecule has 2 heterocycles. The molecule has 4 saturated carbocycles. The van der Waals surface area contributed by atoms with E-state index < -0.39 is 102 Å². The van der Waals surface area contributed by atoms with E-state index in [4.69, 9.17) is 23.7 Å². The van der Waals surface area contributed by atoms with Gasteiger partial charge in [0.25, 0.3) is 0 Å². The number of hydrogen-bond donors (Lipinski definition) is 8. The highest BCUT2D eigenvalue weighted by atomic mass is 16.8. The number of carbonyl (C=O) groups excluding carboxylic acids is 2. The number of aldehydes is 1. The number of esters is 1. The number of aliphatic hydroxyl groups excluding tert-OH is 7. The molecular formula is C43H70O15. The van der Waals surface area contributed by atoms with Gasteiger partial charge < -0.3 is 69.3 Å². The zero-order valence-electron chi connectivity index (χ0n) is 35.2. The third-order valence-corrected chi connectivity index (χ3v) is 16.4. The summed E-state index contributed by atoms with van der Waals surface area (Å²) in [6.45, 7) is 12.4. The zero-order valence-corrected chi connectivity index (χ0v) is 35.2. The Kier molecular flexibility index (Phi) is 13.4. The van der Waals surface area contributed by atoms with Crippen LogP contribution < -0.4 is 0 Å². The van der Waals surface area contributed by atoms with Crippen molar-refractivity contribution in [1.29, 1.82) is 0 Å². The van der Waals surface area contributed by atoms with Crippen molar-refractivity contribution in [3.05, 3.63) is 11.6 Å². The van der Waals surface area contributed by atoms with Gasteiger partial charge in [-0.05, 0) is 112 Å². The van der Waals surface area contributed by atoms with Crippen molar-refractivity contribution in [3.63, 3.8) is 0 Å². The van der Waals surface area contributed by atoms with Gasteiger partial charge in [0.1, 0.15) is 42.9 Å². The van der Waals surface area contributed by atoms with Crippen molar-refractivity contribution in [2.45, 2.75) is 179 Å². The Hall–Kier alpha value is -1.60. The van der Waals surface area contributed by atoms with Crippen molar-refractivity contribution >= 4 is 12.3 Å². The van der Waals surface area contributed by atoms with Crippen LogP contribution in [0.25, 0.3) is 0 Å². The van der Waals surface area contributed by atoms with Crippen LogP contribution in [0.5, 0.6) is 0 Å². The van der Waals surface area contributed by atoms with Crippen LogP contribution in [0.4, 0.5) is 0 Å². The Balaban J connectivity index is 1.24. The lowest BCUT2D eigenvalue weighted by Gasteiger charge is -2.70. The molecule has 332 valence electrons. The van der Waals surface area contributed by atoms with Gasteiger partial charge in [-0.3, -0.25) is 4.79 Å². The lowest BCUT2D eigenvalue weighted by Crippen LogP contribution is -2.70. The number of allylic oxidation sites excluding steroid dienone is 1. The zero-order chi connectivity index (χ0) is 42.7. The van der Waals surface area contributed by atoms with E-state index in [9.17, 15) is 50.4 Å². The van der Waals surface area contributed by atoms with Gasteiger partial charge in [0.2, 0.25) is 0 Å². The Morgan fingerprint density at radius 1 is 0.879 bits per heavy atom. The van der Waals surface area contributed by atoms with E-state index in [0.717, 1.165) is 38.0 Å². The van der Waals surface area contributed by atoms with Crippen LogP contribution in [-0.4, -0.2) is 146 Å². The predicted molar refractivity (Wildman–Crippen MR) is 206 cm³/mol. The van der Waals surface area contributed by atoms with Gasteiger partial charge in [-0.2, -0.15) is 0 Å². The van der Waals surface area contributed by atoms with Crippen molar-refractivity contribution in [2.75, 3.05) is 19.8 Å². The third kappa shape index (κ3) is 7.54. The first-order valence-corrected chi connectivity index (χ1v) is 21.4. The molecule has 6 fully saturated rings. The Labute approximate surface area is 342 Å². The van der Waals surface area contributed by atoms with Gasteiger partial charge in [-0.15, -0.1) is 0 Å². The summed E-state index contributed by atoms with van der Waals surface area (Å²) in [5.41, 5.74) is -2.71. The fourth-order valence-electron chi connectivity index (χ4n) is 13.3. The van der Waals surface area contributed by atoms with Gasteiger partial charge >= 0.3 is 5.97 Å². The molecule has 0 unspecified atom stereocenters. The molecule has 0 aromatic rings. The second-order valence-corrected chi connectivity index (χ2v) is 19.9. The smallest absolute Gasteiger partial charge is 0.303 e. The highest BCUT2D eigenvalue weighted by Crippen LogP contribution is 2.75. The molecule has 15 heteroatoms. The van der Waals surface area contributed by atoms with Gasteiger partial charge in [-0.25, -0.2) is 0 Å². The molecule has 6 aliphatic rings. The lowest BCUT2D eigenvalue weighted by atomic mass is 9.34. The summed E-state index contributed by atoms with van der Waals surface area (Å²) < 4.78 is 29.5. The lowest BCUT2D eigenvalue weighted by molar-refractivity contribution is -0.371. The highest BCUT2D eigenvalue weighted by Gasteiger charge is 2.74. The maximum Gasteiger partial charge on any atom is 0.303 e. The quantitative estimate of drug-likeness (QED) is 0.0602. The molecule has 0 radical (unpaired) electrons. The third-order valence-electron chi connectivity index (χ3n) is 16.4. The summed E-state index contributed by atoms with van der Waals surface area (Å²) in [4.78, 5) is 25.5. The summed E-state index contributed by atoms with van der Waals surface area (Å²) in [5.74, 6) is -1.02. The molecule has 6 rings (SSSR count). The minimum atomic E-state index is -1.67. The van der Waals surface area contributed by atoms with Crippen molar-refractivity contribution in [2.24, 2.45) is 45.3 Å². The molecule has 2 aliphatic heterocycles. The molecule has 15 nitrogen and oxygen atoms in total. The first-order chi connectivity index (χ1) is 27.1. The molecule has 0 spiro atoms. The van der Waals surface area contributed by atoms with E-state index in [1.807, 2.05) is 19.9 Å². The molecule has 0 amide bonds. The standard InChI is InChI=1S/C43H70O15/c1-22(18-44)9-8-14-42(7,53)25-12-16-41(6)24(25)10-11-28-40(5)15-13-31(39(3,4)29(40)17-30(49)43(28,41)21-46)57-38-36(33(51)32(50)27(19-45)56-38)58-37-34(52)35(55-23(2)47)26(48)20-54-37/h9,21,24-38,44-45,48-53H,8,10-20H2,1-7H3/b22-9+/t24-,25+,26+,27-,28-,29+,30+,31+,32-,33+,34-,35+,36-,37+,38+,40-,41-,42+,43+/m1/s1. The van der Waals surface area contributed by atoms with E-state index in [-0.39, 0.29) is 42.3 Å². The normalized spacial score (nSPS) is 48.9. The van der Waals surface area contributed by atoms with Crippen molar-refractivity contribution in [3.8, 4) is 0 Å². The summed E-state index contributed by atoms with van der Waals surface area (Å²) in [6.07, 6.45) is -6.05. The second-order valence-electron chi connectivity index (χ2n) is 19.9. The number of fused-ring (bicyclic) bond motifs is 5. The largest absolute Gasteiger partial charge is 0.457 e. The second kappa shape index (κ2) is 16.9. The van der Waals surface area contributed by atoms with Crippen LogP contribution in [0.1, 0.15) is 106 Å². The van der Waals surface area contributed by atoms with Crippen molar-refractivity contribution in [1.82, 2.24) is 0 Å². The van der Waals surface area contributed by atoms with E-state index in [0.29, 0.717) is 38.5 Å². The SMILES string of the molecule is CC(=O)O[C@@H]1[C@@H](O)[C@H](O[C@H]2[C@H](O[C@H]3CC[C@]4(C)[C@H]5CC[C@@H]6[C@@H]([C@@](C)(O)CC/C=C(\C)CO)CC[C@@]6(C)[C@]5(C=O)[C@@H](O)C[C@H]4C3(C)C)O[C@H](CO)[C@@H](O)[C@@H]2O)OC[C@@H]1O. The molecule has 2 saturated heterocycles. The molecule has 4 aliphatic carbocycles. The first kappa shape index (κ1) is 45.9. The van der Waals surface area contributed by atoms with Gasteiger partial charge in [0.15, 0.2) is 18.7 Å². The number of carbonyl (C=O) groups is 2. The van der Waals surface area contributed by atoms with E-state index >= 15 is 0 Å². The molecular weight excluding hydrogens is 756 g/mol. The van der Waals surface area contributed by atoms with Gasteiger partial charge in [0, 0.05) is 6.92 Å². The first-order valence-electron chi connectivity index (χ1n) is 21.4. The summed E-state index contributed by atoms with van der Waals surface area (Å²) in [6, 6.07) is 0. The van der Waals surface area contributed by atoms with Crippen LogP contribution in [0.2, 0.25) is 0 Å². The number of rotatable bonds is 12. The van der Waals surface area contributed by atoms with Crippen LogP contribution in [0, 0.1) is 45.3 Å². The molecule has 8 N–H and O–H groups in total. The van der Waals surface area contributed by atoms with Crippen LogP contribution >= 0.6 is 0 Å². The fraction of sp³-hybridized carbons (Fsp3) is 0.907. The summed E-state index contributed by atoms with van der Waals surface area (Å²) >= 11 is 0. The molecule has 0 bridgehead atoms. The highest BCUT2D eigenvalue weighted by molar-refractivity contribution is 5.66. The monoisotopic (exact) mass is 826 g/mol. The topological polar surface area (TPSA) is 242 Å². The van der Waals surface area contributed by atoms with Crippen LogP contribution in [0.15, 0.2) is 11.6 Å².